The molecule has 0 aromatic heterocycles. The number of imide groups is 1. The van der Waals surface area contributed by atoms with Gasteiger partial charge in [-0.1, -0.05) is 18.2 Å². The van der Waals surface area contributed by atoms with Crippen molar-refractivity contribution in [2.45, 2.75) is 51.0 Å². The van der Waals surface area contributed by atoms with E-state index < -0.39 is 5.54 Å². The molecule has 0 spiro atoms. The number of unbranched alkanes of at least 4 members (excludes halogenated alkanes) is 1. The van der Waals surface area contributed by atoms with Crippen molar-refractivity contribution in [3.05, 3.63) is 34.9 Å². The Bertz CT molecular complexity index is 629. The minimum Gasteiger partial charge on any atom is -0.330 e. The van der Waals surface area contributed by atoms with Crippen LogP contribution in [0.3, 0.4) is 0 Å². The lowest BCUT2D eigenvalue weighted by atomic mass is 9.85. The SMILES string of the molecule is CC1(c2ccc3c(c2)CCCC3)NC(=O)N(CCCCN)C1=O. The average Bonchev–Trinajstić information content (AvgIpc) is 2.78. The van der Waals surface area contributed by atoms with E-state index in [1.54, 1.807) is 6.92 Å². The maximum absolute atomic E-state index is 12.8. The second kappa shape index (κ2) is 6.32. The smallest absolute Gasteiger partial charge is 0.325 e. The number of aryl methyl sites for hydroxylation is 2. The number of nitrogens with two attached hydrogens (primary N) is 1. The van der Waals surface area contributed by atoms with E-state index in [-0.39, 0.29) is 11.9 Å². The van der Waals surface area contributed by atoms with Crippen LogP contribution in [0.25, 0.3) is 0 Å². The van der Waals surface area contributed by atoms with Crippen molar-refractivity contribution >= 4 is 11.9 Å². The molecule has 2 aliphatic rings. The van der Waals surface area contributed by atoms with Gasteiger partial charge in [-0.15, -0.1) is 0 Å². The maximum atomic E-state index is 12.8. The van der Waals surface area contributed by atoms with Crippen LogP contribution in [0, 0.1) is 0 Å². The highest BCUT2D eigenvalue weighted by Gasteiger charge is 2.48. The number of nitrogens with one attached hydrogen (secondary N) is 1. The molecule has 1 aliphatic carbocycles. The number of hydrogen-bond donors (Lipinski definition) is 2. The van der Waals surface area contributed by atoms with Gasteiger partial charge >= 0.3 is 6.03 Å². The van der Waals surface area contributed by atoms with Crippen molar-refractivity contribution in [3.8, 4) is 0 Å². The quantitative estimate of drug-likeness (QED) is 0.645. The lowest BCUT2D eigenvalue weighted by molar-refractivity contribution is -0.131. The fourth-order valence-corrected chi connectivity index (χ4v) is 3.55. The molecular formula is C18H25N3O2. The van der Waals surface area contributed by atoms with Crippen LogP contribution >= 0.6 is 0 Å². The molecule has 0 radical (unpaired) electrons. The van der Waals surface area contributed by atoms with Gasteiger partial charge in [0.1, 0.15) is 5.54 Å². The van der Waals surface area contributed by atoms with Gasteiger partial charge in [0, 0.05) is 6.54 Å². The standard InChI is InChI=1S/C18H25N3O2/c1-18(15-9-8-13-6-2-3-7-14(13)12-15)16(22)21(17(23)20-18)11-5-4-10-19/h8-9,12H,2-7,10-11,19H2,1H3,(H,20,23). The molecule has 1 aromatic rings. The zero-order chi connectivity index (χ0) is 16.4. The van der Waals surface area contributed by atoms with E-state index in [1.807, 2.05) is 6.07 Å². The van der Waals surface area contributed by atoms with Gasteiger partial charge in [0.05, 0.1) is 0 Å². The molecule has 0 saturated carbocycles. The van der Waals surface area contributed by atoms with Gasteiger partial charge in [-0.25, -0.2) is 4.79 Å². The van der Waals surface area contributed by atoms with E-state index in [4.69, 9.17) is 5.73 Å². The van der Waals surface area contributed by atoms with Gasteiger partial charge in [-0.2, -0.15) is 0 Å². The van der Waals surface area contributed by atoms with Crippen LogP contribution in [0.5, 0.6) is 0 Å². The summed E-state index contributed by atoms with van der Waals surface area (Å²) < 4.78 is 0. The van der Waals surface area contributed by atoms with Crippen LogP contribution in [0.15, 0.2) is 18.2 Å². The Labute approximate surface area is 137 Å². The topological polar surface area (TPSA) is 75.4 Å². The molecule has 1 aromatic carbocycles. The van der Waals surface area contributed by atoms with Crippen molar-refractivity contribution in [2.75, 3.05) is 13.1 Å². The predicted octanol–water partition coefficient (Wildman–Crippen LogP) is 2.07. The molecule has 5 nitrogen and oxygen atoms in total. The first kappa shape index (κ1) is 16.0. The number of amides is 3. The normalized spacial score (nSPS) is 23.8. The number of rotatable bonds is 5. The third-order valence-corrected chi connectivity index (χ3v) is 5.04. The first-order valence-corrected chi connectivity index (χ1v) is 8.53. The summed E-state index contributed by atoms with van der Waals surface area (Å²) >= 11 is 0. The second-order valence-corrected chi connectivity index (χ2v) is 6.70. The maximum Gasteiger partial charge on any atom is 0.325 e. The van der Waals surface area contributed by atoms with Gasteiger partial charge < -0.3 is 11.1 Å². The number of urea groups is 1. The molecule has 23 heavy (non-hydrogen) atoms. The van der Waals surface area contributed by atoms with Crippen molar-refractivity contribution < 1.29 is 9.59 Å². The van der Waals surface area contributed by atoms with Crippen molar-refractivity contribution in [3.63, 3.8) is 0 Å². The molecule has 1 fully saturated rings. The monoisotopic (exact) mass is 315 g/mol. The molecule has 124 valence electrons. The fraction of sp³-hybridized carbons (Fsp3) is 0.556. The number of hydrogen-bond acceptors (Lipinski definition) is 3. The minimum absolute atomic E-state index is 0.157. The Morgan fingerprint density at radius 3 is 2.65 bits per heavy atom. The molecule has 3 rings (SSSR count). The Morgan fingerprint density at radius 2 is 1.91 bits per heavy atom. The Kier molecular flexibility index (Phi) is 4.39. The minimum atomic E-state index is -0.952. The Balaban J connectivity index is 1.84. The molecule has 3 N–H and O–H groups in total. The zero-order valence-corrected chi connectivity index (χ0v) is 13.7. The summed E-state index contributed by atoms with van der Waals surface area (Å²) in [6.45, 7) is 2.81. The summed E-state index contributed by atoms with van der Waals surface area (Å²) in [5.74, 6) is -0.157. The van der Waals surface area contributed by atoms with Crippen LogP contribution in [0.4, 0.5) is 4.79 Å². The summed E-state index contributed by atoms with van der Waals surface area (Å²) in [6, 6.07) is 5.92. The van der Waals surface area contributed by atoms with Crippen molar-refractivity contribution in [1.82, 2.24) is 10.2 Å². The van der Waals surface area contributed by atoms with Crippen LogP contribution in [0.1, 0.15) is 49.3 Å². The fourth-order valence-electron chi connectivity index (χ4n) is 3.55. The summed E-state index contributed by atoms with van der Waals surface area (Å²) in [4.78, 5) is 26.4. The van der Waals surface area contributed by atoms with Crippen molar-refractivity contribution in [1.29, 1.82) is 0 Å². The molecule has 1 heterocycles. The third-order valence-electron chi connectivity index (χ3n) is 5.04. The van der Waals surface area contributed by atoms with E-state index in [0.717, 1.165) is 31.2 Å². The molecule has 1 aliphatic heterocycles. The molecule has 1 unspecified atom stereocenters. The number of carbonyl (C=O) groups is 2. The number of fused-ring (bicyclic) bond motifs is 1. The molecule has 3 amide bonds. The summed E-state index contributed by atoms with van der Waals surface area (Å²) in [5.41, 5.74) is 8.12. The van der Waals surface area contributed by atoms with Gasteiger partial charge in [0.15, 0.2) is 0 Å². The lowest BCUT2D eigenvalue weighted by Crippen LogP contribution is -2.41. The lowest BCUT2D eigenvalue weighted by Gasteiger charge is -2.25. The molecule has 1 atom stereocenters. The van der Waals surface area contributed by atoms with E-state index >= 15 is 0 Å². The van der Waals surface area contributed by atoms with E-state index in [1.165, 1.54) is 28.9 Å². The number of nitrogens with zero attached hydrogens (tertiary/aromatic N) is 1. The van der Waals surface area contributed by atoms with Gasteiger partial charge in [0.2, 0.25) is 0 Å². The first-order valence-electron chi connectivity index (χ1n) is 8.53. The van der Waals surface area contributed by atoms with Gasteiger partial charge in [0.25, 0.3) is 5.91 Å². The average molecular weight is 315 g/mol. The van der Waals surface area contributed by atoms with E-state index in [2.05, 4.69) is 17.4 Å². The van der Waals surface area contributed by atoms with E-state index in [0.29, 0.717) is 13.1 Å². The largest absolute Gasteiger partial charge is 0.330 e. The highest BCUT2D eigenvalue weighted by Crippen LogP contribution is 2.32. The van der Waals surface area contributed by atoms with Crippen molar-refractivity contribution in [2.24, 2.45) is 5.73 Å². The Hall–Kier alpha value is -1.88. The third kappa shape index (κ3) is 2.85. The first-order chi connectivity index (χ1) is 11.1. The highest BCUT2D eigenvalue weighted by atomic mass is 16.2. The van der Waals surface area contributed by atoms with Gasteiger partial charge in [-0.3, -0.25) is 9.69 Å². The van der Waals surface area contributed by atoms with Gasteiger partial charge in [-0.05, 0) is 68.7 Å². The number of benzene rings is 1. The van der Waals surface area contributed by atoms with Crippen LogP contribution in [-0.2, 0) is 23.2 Å². The summed E-state index contributed by atoms with van der Waals surface area (Å²) in [6.07, 6.45) is 6.15. The number of carbonyl (C=O) groups excluding carboxylic acids is 2. The zero-order valence-electron chi connectivity index (χ0n) is 13.7. The summed E-state index contributed by atoms with van der Waals surface area (Å²) in [5, 5.41) is 2.89. The highest BCUT2D eigenvalue weighted by molar-refractivity contribution is 6.07. The Morgan fingerprint density at radius 1 is 1.17 bits per heavy atom. The van der Waals surface area contributed by atoms with Crippen LogP contribution in [0.2, 0.25) is 0 Å². The van der Waals surface area contributed by atoms with Crippen LogP contribution in [-0.4, -0.2) is 29.9 Å². The molecule has 1 saturated heterocycles. The molecular weight excluding hydrogens is 290 g/mol. The van der Waals surface area contributed by atoms with Crippen LogP contribution < -0.4 is 11.1 Å². The second-order valence-electron chi connectivity index (χ2n) is 6.70. The van der Waals surface area contributed by atoms with E-state index in [9.17, 15) is 9.59 Å². The molecule has 0 bridgehead atoms. The predicted molar refractivity (Wildman–Crippen MR) is 89.0 cm³/mol. The summed E-state index contributed by atoms with van der Waals surface area (Å²) in [7, 11) is 0. The molecule has 5 heteroatoms.